The van der Waals surface area contributed by atoms with Gasteiger partial charge in [0.1, 0.15) is 0 Å². The minimum Gasteiger partial charge on any atom is -0.494 e. The topological polar surface area (TPSA) is 71.9 Å². The molecule has 0 aliphatic rings. The van der Waals surface area contributed by atoms with Crippen LogP contribution in [0.4, 0.5) is 11.4 Å². The van der Waals surface area contributed by atoms with Crippen molar-refractivity contribution in [2.45, 2.75) is 32.7 Å². The van der Waals surface area contributed by atoms with Crippen LogP contribution in [-0.4, -0.2) is 47.8 Å². The number of H-pyrrole nitrogens is 1. The van der Waals surface area contributed by atoms with E-state index in [0.29, 0.717) is 11.1 Å². The molecule has 1 aromatic heterocycles. The predicted octanol–water partition coefficient (Wildman–Crippen LogP) is 6.52. The molecule has 0 atom stereocenters. The second kappa shape index (κ2) is 11.2. The van der Waals surface area contributed by atoms with Gasteiger partial charge in [-0.05, 0) is 75.0 Å². The van der Waals surface area contributed by atoms with Gasteiger partial charge in [0.15, 0.2) is 5.88 Å². The largest absolute Gasteiger partial charge is 0.494 e. The standard InChI is InChI=1S/C30H34N4O2/c1-5-6-12-27(31-23-16-13-21(14-17-23)20-33(2)3)28-25-19-22(15-18-26(25)32-29(28)35)30(36)34(4)24-10-8-7-9-11-24/h7-11,13-19,32,35H,5-6,12,20H2,1-4H3. The number of rotatable bonds is 9. The monoisotopic (exact) mass is 482 g/mol. The number of anilines is 1. The van der Waals surface area contributed by atoms with E-state index < -0.39 is 0 Å². The number of aromatic hydroxyl groups is 1. The Hall–Kier alpha value is -3.90. The number of nitrogens with zero attached hydrogens (tertiary/aromatic N) is 3. The minimum atomic E-state index is -0.113. The van der Waals surface area contributed by atoms with E-state index in [2.05, 4.69) is 28.9 Å². The van der Waals surface area contributed by atoms with Gasteiger partial charge < -0.3 is 19.9 Å². The average Bonchev–Trinajstić information content (AvgIpc) is 3.21. The summed E-state index contributed by atoms with van der Waals surface area (Å²) in [7, 11) is 5.86. The van der Waals surface area contributed by atoms with Crippen LogP contribution in [0.3, 0.4) is 0 Å². The summed E-state index contributed by atoms with van der Waals surface area (Å²) < 4.78 is 0. The van der Waals surface area contributed by atoms with Crippen LogP contribution in [0.25, 0.3) is 10.9 Å². The van der Waals surface area contributed by atoms with Crippen LogP contribution in [0.5, 0.6) is 5.88 Å². The van der Waals surface area contributed by atoms with Crippen LogP contribution < -0.4 is 4.90 Å². The van der Waals surface area contributed by atoms with Crippen molar-refractivity contribution in [3.05, 3.63) is 89.5 Å². The summed E-state index contributed by atoms with van der Waals surface area (Å²) in [4.78, 5) is 25.1. The van der Waals surface area contributed by atoms with Crippen molar-refractivity contribution < 1.29 is 9.90 Å². The molecule has 0 aliphatic carbocycles. The third-order valence-corrected chi connectivity index (χ3v) is 6.23. The Bertz CT molecular complexity index is 1360. The summed E-state index contributed by atoms with van der Waals surface area (Å²) in [6.07, 6.45) is 2.67. The first-order valence-electron chi connectivity index (χ1n) is 12.4. The number of benzene rings is 3. The Morgan fingerprint density at radius 1 is 0.972 bits per heavy atom. The number of nitrogens with one attached hydrogen (secondary N) is 1. The molecule has 1 heterocycles. The smallest absolute Gasteiger partial charge is 0.258 e. The lowest BCUT2D eigenvalue weighted by Gasteiger charge is -2.17. The molecule has 0 saturated heterocycles. The SMILES string of the molecule is CCCCC(=Nc1ccc(CN(C)C)cc1)c1c(O)[nH]c2ccc(C(=O)N(C)c3ccccc3)cc12. The number of hydrogen-bond acceptors (Lipinski definition) is 4. The van der Waals surface area contributed by atoms with E-state index >= 15 is 0 Å². The van der Waals surface area contributed by atoms with Crippen molar-refractivity contribution in [3.63, 3.8) is 0 Å². The molecule has 0 fully saturated rings. The van der Waals surface area contributed by atoms with Gasteiger partial charge in [0, 0.05) is 35.7 Å². The highest BCUT2D eigenvalue weighted by Crippen LogP contribution is 2.32. The second-order valence-corrected chi connectivity index (χ2v) is 9.37. The molecular weight excluding hydrogens is 448 g/mol. The average molecular weight is 483 g/mol. The fourth-order valence-electron chi connectivity index (χ4n) is 4.34. The zero-order valence-corrected chi connectivity index (χ0v) is 21.5. The number of carbonyl (C=O) groups is 1. The van der Waals surface area contributed by atoms with Gasteiger partial charge in [-0.25, -0.2) is 0 Å². The number of aliphatic imine (C=N–C) groups is 1. The highest BCUT2D eigenvalue weighted by atomic mass is 16.3. The molecule has 0 saturated carbocycles. The lowest BCUT2D eigenvalue weighted by molar-refractivity contribution is 0.0993. The fourth-order valence-corrected chi connectivity index (χ4v) is 4.34. The normalized spacial score (nSPS) is 11.9. The molecule has 0 radical (unpaired) electrons. The van der Waals surface area contributed by atoms with Gasteiger partial charge in [0.05, 0.1) is 17.0 Å². The van der Waals surface area contributed by atoms with Crippen LogP contribution >= 0.6 is 0 Å². The number of aromatic nitrogens is 1. The molecule has 1 amide bonds. The molecule has 6 nitrogen and oxygen atoms in total. The van der Waals surface area contributed by atoms with Crippen LogP contribution in [0, 0.1) is 0 Å². The number of fused-ring (bicyclic) bond motifs is 1. The number of carbonyl (C=O) groups excluding carboxylic acids is 1. The van der Waals surface area contributed by atoms with Gasteiger partial charge in [-0.1, -0.05) is 43.7 Å². The summed E-state index contributed by atoms with van der Waals surface area (Å²) in [6, 6.07) is 23.2. The molecular formula is C30H34N4O2. The summed E-state index contributed by atoms with van der Waals surface area (Å²) in [5.74, 6) is -0.0386. The quantitative estimate of drug-likeness (QED) is 0.267. The number of unbranched alkanes of at least 4 members (excludes halogenated alkanes) is 1. The van der Waals surface area contributed by atoms with E-state index in [1.165, 1.54) is 5.56 Å². The summed E-state index contributed by atoms with van der Waals surface area (Å²) in [5, 5.41) is 11.7. The fraction of sp³-hybridized carbons (Fsp3) is 0.267. The van der Waals surface area contributed by atoms with Gasteiger partial charge in [0.2, 0.25) is 0 Å². The molecule has 186 valence electrons. The molecule has 6 heteroatoms. The number of aromatic amines is 1. The molecule has 4 rings (SSSR count). The van der Waals surface area contributed by atoms with E-state index in [0.717, 1.165) is 53.8 Å². The Kier molecular flexibility index (Phi) is 7.86. The van der Waals surface area contributed by atoms with Crippen molar-refractivity contribution in [3.8, 4) is 5.88 Å². The summed E-state index contributed by atoms with van der Waals surface area (Å²) in [6.45, 7) is 3.00. The highest BCUT2D eigenvalue weighted by molar-refractivity contribution is 6.16. The van der Waals surface area contributed by atoms with E-state index in [1.54, 1.807) is 18.0 Å². The van der Waals surface area contributed by atoms with Gasteiger partial charge in [-0.2, -0.15) is 0 Å². The zero-order chi connectivity index (χ0) is 25.7. The third kappa shape index (κ3) is 5.66. The van der Waals surface area contributed by atoms with E-state index in [9.17, 15) is 9.90 Å². The minimum absolute atomic E-state index is 0.0742. The van der Waals surface area contributed by atoms with Gasteiger partial charge in [0.25, 0.3) is 5.91 Å². The van der Waals surface area contributed by atoms with Gasteiger partial charge in [-0.15, -0.1) is 0 Å². The summed E-state index contributed by atoms with van der Waals surface area (Å²) in [5.41, 5.74) is 5.67. The van der Waals surface area contributed by atoms with Crippen molar-refractivity contribution >= 4 is 33.9 Å². The van der Waals surface area contributed by atoms with E-state index in [-0.39, 0.29) is 11.8 Å². The molecule has 0 spiro atoms. The number of hydrogen-bond donors (Lipinski definition) is 2. The van der Waals surface area contributed by atoms with Gasteiger partial charge >= 0.3 is 0 Å². The Balaban J connectivity index is 1.73. The Morgan fingerprint density at radius 3 is 2.36 bits per heavy atom. The molecule has 0 unspecified atom stereocenters. The van der Waals surface area contributed by atoms with E-state index in [1.807, 2.05) is 68.7 Å². The highest BCUT2D eigenvalue weighted by Gasteiger charge is 2.20. The summed E-state index contributed by atoms with van der Waals surface area (Å²) >= 11 is 0. The molecule has 4 aromatic rings. The molecule has 0 bridgehead atoms. The first kappa shape index (κ1) is 25.2. The van der Waals surface area contributed by atoms with Crippen molar-refractivity contribution in [2.75, 3.05) is 26.0 Å². The maximum absolute atomic E-state index is 13.3. The van der Waals surface area contributed by atoms with Crippen molar-refractivity contribution in [2.24, 2.45) is 4.99 Å². The molecule has 2 N–H and O–H groups in total. The van der Waals surface area contributed by atoms with Gasteiger partial charge in [-0.3, -0.25) is 9.79 Å². The Labute approximate surface area is 212 Å². The molecule has 3 aromatic carbocycles. The van der Waals surface area contributed by atoms with Crippen LogP contribution in [0.1, 0.15) is 47.7 Å². The van der Waals surface area contributed by atoms with E-state index in [4.69, 9.17) is 4.99 Å². The van der Waals surface area contributed by atoms with Crippen LogP contribution in [0.15, 0.2) is 77.8 Å². The maximum atomic E-state index is 13.3. The molecule has 0 aliphatic heterocycles. The lowest BCUT2D eigenvalue weighted by atomic mass is 10.0. The first-order chi connectivity index (χ1) is 17.4. The van der Waals surface area contributed by atoms with Crippen molar-refractivity contribution in [1.29, 1.82) is 0 Å². The van der Waals surface area contributed by atoms with Crippen molar-refractivity contribution in [1.82, 2.24) is 9.88 Å². The predicted molar refractivity (Wildman–Crippen MR) is 149 cm³/mol. The zero-order valence-electron chi connectivity index (χ0n) is 21.5. The first-order valence-corrected chi connectivity index (χ1v) is 12.4. The number of amides is 1. The molecule has 36 heavy (non-hydrogen) atoms. The maximum Gasteiger partial charge on any atom is 0.258 e. The second-order valence-electron chi connectivity index (χ2n) is 9.37. The lowest BCUT2D eigenvalue weighted by Crippen LogP contribution is -2.26. The van der Waals surface area contributed by atoms with Crippen LogP contribution in [0.2, 0.25) is 0 Å². The Morgan fingerprint density at radius 2 is 1.69 bits per heavy atom. The third-order valence-electron chi connectivity index (χ3n) is 6.23. The van der Waals surface area contributed by atoms with Crippen LogP contribution in [-0.2, 0) is 6.54 Å². The number of para-hydroxylation sites is 1.